The zero-order valence-corrected chi connectivity index (χ0v) is 10.4. The zero-order valence-electron chi connectivity index (χ0n) is 10.4. The first-order chi connectivity index (χ1) is 8.05. The summed E-state index contributed by atoms with van der Waals surface area (Å²) < 4.78 is 0. The monoisotopic (exact) mass is 239 g/mol. The van der Waals surface area contributed by atoms with Crippen LogP contribution in [0, 0.1) is 5.41 Å². The zero-order chi connectivity index (χ0) is 12.5. The summed E-state index contributed by atoms with van der Waals surface area (Å²) in [4.78, 5) is 25.6. The molecule has 0 aromatic heterocycles. The third kappa shape index (κ3) is 2.37. The molecule has 4 nitrogen and oxygen atoms in total. The van der Waals surface area contributed by atoms with Crippen LogP contribution in [0.25, 0.3) is 0 Å². The number of aliphatic hydroxyl groups excluding tert-OH is 1. The van der Waals surface area contributed by atoms with Gasteiger partial charge in [0.05, 0.1) is 11.5 Å². The molecule has 0 aromatic carbocycles. The summed E-state index contributed by atoms with van der Waals surface area (Å²) in [5, 5.41) is 9.24. The van der Waals surface area contributed by atoms with Crippen molar-refractivity contribution >= 4 is 11.8 Å². The molecule has 1 aliphatic carbocycles. The molecule has 2 amide bonds. The molecule has 2 aliphatic rings. The van der Waals surface area contributed by atoms with Crippen molar-refractivity contribution in [2.75, 3.05) is 6.54 Å². The molecule has 17 heavy (non-hydrogen) atoms. The van der Waals surface area contributed by atoms with Crippen molar-refractivity contribution in [1.82, 2.24) is 4.90 Å². The molecule has 1 N–H and O–H groups in total. The van der Waals surface area contributed by atoms with Crippen LogP contribution in [0.15, 0.2) is 0 Å². The van der Waals surface area contributed by atoms with Crippen LogP contribution < -0.4 is 0 Å². The molecule has 1 heterocycles. The fourth-order valence-electron chi connectivity index (χ4n) is 3.02. The molecule has 0 aromatic rings. The number of hydrogen-bond donors (Lipinski definition) is 1. The maximum atomic E-state index is 12.3. The van der Waals surface area contributed by atoms with Crippen LogP contribution >= 0.6 is 0 Å². The Hall–Kier alpha value is -0.900. The molecular formula is C13H21NO3. The molecule has 1 saturated heterocycles. The van der Waals surface area contributed by atoms with E-state index in [0.717, 1.165) is 25.7 Å². The highest BCUT2D eigenvalue weighted by atomic mass is 16.3. The minimum atomic E-state index is -0.460. The lowest BCUT2D eigenvalue weighted by Crippen LogP contribution is -2.38. The number of imide groups is 1. The highest BCUT2D eigenvalue weighted by Gasteiger charge is 2.51. The Labute approximate surface area is 102 Å². The second-order valence-corrected chi connectivity index (χ2v) is 5.51. The molecule has 96 valence electrons. The predicted molar refractivity (Wildman–Crippen MR) is 63.2 cm³/mol. The maximum absolute atomic E-state index is 12.3. The van der Waals surface area contributed by atoms with Crippen LogP contribution in [0.2, 0.25) is 0 Å². The van der Waals surface area contributed by atoms with E-state index in [9.17, 15) is 14.7 Å². The number of hydrogen-bond acceptors (Lipinski definition) is 3. The average Bonchev–Trinajstić information content (AvgIpc) is 2.50. The second-order valence-electron chi connectivity index (χ2n) is 5.51. The van der Waals surface area contributed by atoms with Gasteiger partial charge in [-0.05, 0) is 26.2 Å². The molecule has 0 radical (unpaired) electrons. The molecule has 2 fully saturated rings. The normalized spacial score (nSPS) is 25.6. The fourth-order valence-corrected chi connectivity index (χ4v) is 3.02. The van der Waals surface area contributed by atoms with Gasteiger partial charge in [0.25, 0.3) is 0 Å². The van der Waals surface area contributed by atoms with Crippen LogP contribution in [0.1, 0.15) is 51.9 Å². The molecule has 0 bridgehead atoms. The summed E-state index contributed by atoms with van der Waals surface area (Å²) in [6.07, 6.45) is 5.44. The van der Waals surface area contributed by atoms with E-state index in [4.69, 9.17) is 0 Å². The van der Waals surface area contributed by atoms with Crippen molar-refractivity contribution in [2.24, 2.45) is 5.41 Å². The fraction of sp³-hybridized carbons (Fsp3) is 0.846. The average molecular weight is 239 g/mol. The Kier molecular flexibility index (Phi) is 3.52. The van der Waals surface area contributed by atoms with E-state index in [1.165, 1.54) is 11.3 Å². The Bertz CT molecular complexity index is 319. The molecule has 1 spiro atoms. The number of rotatable bonds is 3. The summed E-state index contributed by atoms with van der Waals surface area (Å²) >= 11 is 0. The summed E-state index contributed by atoms with van der Waals surface area (Å²) in [5.41, 5.74) is -0.381. The van der Waals surface area contributed by atoms with E-state index in [-0.39, 0.29) is 17.2 Å². The minimum absolute atomic E-state index is 0.0165. The Balaban J connectivity index is 2.05. The van der Waals surface area contributed by atoms with Gasteiger partial charge in [-0.15, -0.1) is 0 Å². The quantitative estimate of drug-likeness (QED) is 0.759. The second kappa shape index (κ2) is 4.77. The van der Waals surface area contributed by atoms with Crippen LogP contribution in [-0.4, -0.2) is 34.5 Å². The van der Waals surface area contributed by atoms with E-state index in [0.29, 0.717) is 19.4 Å². The van der Waals surface area contributed by atoms with E-state index in [1.807, 2.05) is 0 Å². The summed E-state index contributed by atoms with van der Waals surface area (Å²) in [7, 11) is 0. The van der Waals surface area contributed by atoms with Gasteiger partial charge in [0.1, 0.15) is 0 Å². The molecule has 1 aliphatic heterocycles. The molecular weight excluding hydrogens is 218 g/mol. The molecule has 2 rings (SSSR count). The third-order valence-corrected chi connectivity index (χ3v) is 4.07. The lowest BCUT2D eigenvalue weighted by molar-refractivity contribution is -0.142. The van der Waals surface area contributed by atoms with E-state index < -0.39 is 6.10 Å². The van der Waals surface area contributed by atoms with Crippen molar-refractivity contribution < 1.29 is 14.7 Å². The Morgan fingerprint density at radius 3 is 2.53 bits per heavy atom. The van der Waals surface area contributed by atoms with E-state index in [2.05, 4.69) is 0 Å². The number of carbonyl (C=O) groups is 2. The van der Waals surface area contributed by atoms with Crippen molar-refractivity contribution in [3.05, 3.63) is 0 Å². The van der Waals surface area contributed by atoms with Gasteiger partial charge in [-0.2, -0.15) is 0 Å². The number of aliphatic hydroxyl groups is 1. The first-order valence-corrected chi connectivity index (χ1v) is 6.58. The highest BCUT2D eigenvalue weighted by molar-refractivity contribution is 6.05. The van der Waals surface area contributed by atoms with Gasteiger partial charge < -0.3 is 5.11 Å². The summed E-state index contributed by atoms with van der Waals surface area (Å²) in [6.45, 7) is 2.05. The Morgan fingerprint density at radius 2 is 1.94 bits per heavy atom. The van der Waals surface area contributed by atoms with Crippen LogP contribution in [-0.2, 0) is 9.59 Å². The lowest BCUT2D eigenvalue weighted by atomic mass is 9.73. The molecule has 1 saturated carbocycles. The lowest BCUT2D eigenvalue weighted by Gasteiger charge is -2.30. The number of carbonyl (C=O) groups excluding carboxylic acids is 2. The SMILES string of the molecule is CC(O)CCN1C(=O)CC2(CCCCC2)C1=O. The van der Waals surface area contributed by atoms with Crippen molar-refractivity contribution in [3.63, 3.8) is 0 Å². The van der Waals surface area contributed by atoms with Crippen molar-refractivity contribution in [2.45, 2.75) is 58.0 Å². The number of nitrogens with zero attached hydrogens (tertiary/aromatic N) is 1. The van der Waals surface area contributed by atoms with Crippen LogP contribution in [0.3, 0.4) is 0 Å². The first kappa shape index (κ1) is 12.6. The molecule has 4 heteroatoms. The Morgan fingerprint density at radius 1 is 1.29 bits per heavy atom. The van der Waals surface area contributed by atoms with Gasteiger partial charge in [0.15, 0.2) is 0 Å². The smallest absolute Gasteiger partial charge is 0.235 e. The van der Waals surface area contributed by atoms with Crippen LogP contribution in [0.4, 0.5) is 0 Å². The predicted octanol–water partition coefficient (Wildman–Crippen LogP) is 1.47. The highest BCUT2D eigenvalue weighted by Crippen LogP contribution is 2.45. The largest absolute Gasteiger partial charge is 0.393 e. The van der Waals surface area contributed by atoms with Gasteiger partial charge in [0, 0.05) is 13.0 Å². The van der Waals surface area contributed by atoms with Gasteiger partial charge in [0.2, 0.25) is 11.8 Å². The van der Waals surface area contributed by atoms with Crippen molar-refractivity contribution in [3.8, 4) is 0 Å². The number of amides is 2. The first-order valence-electron chi connectivity index (χ1n) is 6.58. The van der Waals surface area contributed by atoms with Gasteiger partial charge in [-0.3, -0.25) is 14.5 Å². The van der Waals surface area contributed by atoms with Gasteiger partial charge >= 0.3 is 0 Å². The van der Waals surface area contributed by atoms with E-state index in [1.54, 1.807) is 6.92 Å². The van der Waals surface area contributed by atoms with Gasteiger partial charge in [-0.1, -0.05) is 19.3 Å². The topological polar surface area (TPSA) is 57.6 Å². The standard InChI is InChI=1S/C13H21NO3/c1-10(15)5-8-14-11(16)9-13(12(14)17)6-3-2-4-7-13/h10,15H,2-9H2,1H3. The maximum Gasteiger partial charge on any atom is 0.235 e. The van der Waals surface area contributed by atoms with Crippen molar-refractivity contribution in [1.29, 1.82) is 0 Å². The van der Waals surface area contributed by atoms with Crippen LogP contribution in [0.5, 0.6) is 0 Å². The molecule has 1 atom stereocenters. The van der Waals surface area contributed by atoms with E-state index >= 15 is 0 Å². The number of likely N-dealkylation sites (tertiary alicyclic amines) is 1. The summed E-state index contributed by atoms with van der Waals surface area (Å²) in [5.74, 6) is -0.0274. The third-order valence-electron chi connectivity index (χ3n) is 4.07. The summed E-state index contributed by atoms with van der Waals surface area (Å²) in [6, 6.07) is 0. The molecule has 1 unspecified atom stereocenters. The minimum Gasteiger partial charge on any atom is -0.393 e. The van der Waals surface area contributed by atoms with Gasteiger partial charge in [-0.25, -0.2) is 0 Å².